The highest BCUT2D eigenvalue weighted by Gasteiger charge is 2.27. The Morgan fingerprint density at radius 3 is 2.32 bits per heavy atom. The van der Waals surface area contributed by atoms with Crippen LogP contribution in [0.25, 0.3) is 0 Å². The molecule has 0 aliphatic rings. The van der Waals surface area contributed by atoms with Gasteiger partial charge in [0, 0.05) is 25.1 Å². The van der Waals surface area contributed by atoms with Crippen LogP contribution in [0.4, 0.5) is 10.5 Å². The zero-order valence-electron chi connectivity index (χ0n) is 15.4. The number of aliphatic hydroxyl groups is 1. The number of hydrogen-bond donors (Lipinski definition) is 4. The number of non-ortho nitro benzene ring substituents is 1. The lowest BCUT2D eigenvalue weighted by Crippen LogP contribution is -2.52. The van der Waals surface area contributed by atoms with Gasteiger partial charge < -0.3 is 25.5 Å². The molecule has 1 aromatic rings. The first kappa shape index (κ1) is 22.8. The molecule has 1 rings (SSSR count). The molecular weight excluding hydrogens is 374 g/mol. The zero-order valence-corrected chi connectivity index (χ0v) is 15.4. The summed E-state index contributed by atoms with van der Waals surface area (Å²) in [6.45, 7) is 3.12. The van der Waals surface area contributed by atoms with Gasteiger partial charge in [-0.3, -0.25) is 10.1 Å². The summed E-state index contributed by atoms with van der Waals surface area (Å²) < 4.78 is 0. The molecule has 0 radical (unpaired) electrons. The Balaban J connectivity index is 2.94. The Hall–Kier alpha value is -3.21. The Morgan fingerprint density at radius 2 is 1.82 bits per heavy atom. The molecule has 1 unspecified atom stereocenters. The van der Waals surface area contributed by atoms with Crippen molar-refractivity contribution in [3.63, 3.8) is 0 Å². The maximum Gasteiger partial charge on any atom is 0.334 e. The van der Waals surface area contributed by atoms with Crippen LogP contribution in [-0.4, -0.2) is 68.3 Å². The molecule has 4 N–H and O–H groups in total. The molecule has 0 bridgehead atoms. The summed E-state index contributed by atoms with van der Waals surface area (Å²) in [6, 6.07) is 3.12. The van der Waals surface area contributed by atoms with Crippen LogP contribution in [0.1, 0.15) is 19.4 Å². The number of nitro benzene ring substituents is 1. The van der Waals surface area contributed by atoms with E-state index in [9.17, 15) is 34.7 Å². The fourth-order valence-corrected chi connectivity index (χ4v) is 2.44. The maximum atomic E-state index is 12.5. The molecule has 0 aliphatic carbocycles. The van der Waals surface area contributed by atoms with Gasteiger partial charge in [0.2, 0.25) is 0 Å². The second kappa shape index (κ2) is 10.2. The molecule has 2 amide bonds. The topological polar surface area (TPSA) is 170 Å². The molecule has 154 valence electrons. The number of aliphatic carboxylic acids is 2. The van der Waals surface area contributed by atoms with Crippen LogP contribution in [-0.2, 0) is 16.0 Å². The molecule has 0 saturated heterocycles. The number of nitrogens with zero attached hydrogens (tertiary/aromatic N) is 2. The van der Waals surface area contributed by atoms with E-state index in [1.807, 2.05) is 0 Å². The predicted molar refractivity (Wildman–Crippen MR) is 96.8 cm³/mol. The first-order valence-corrected chi connectivity index (χ1v) is 8.43. The highest BCUT2D eigenvalue weighted by atomic mass is 16.6. The lowest BCUT2D eigenvalue weighted by atomic mass is 10.1. The van der Waals surface area contributed by atoms with Crippen LogP contribution in [0, 0.1) is 16.0 Å². The monoisotopic (exact) mass is 397 g/mol. The normalized spacial score (nSPS) is 12.9. The van der Waals surface area contributed by atoms with Crippen LogP contribution >= 0.6 is 0 Å². The Kier molecular flexibility index (Phi) is 8.32. The van der Waals surface area contributed by atoms with Gasteiger partial charge >= 0.3 is 18.0 Å². The average Bonchev–Trinajstić information content (AvgIpc) is 2.59. The van der Waals surface area contributed by atoms with Crippen molar-refractivity contribution in [1.29, 1.82) is 0 Å². The summed E-state index contributed by atoms with van der Waals surface area (Å²) >= 11 is 0. The van der Waals surface area contributed by atoms with Gasteiger partial charge in [-0.2, -0.15) is 0 Å². The van der Waals surface area contributed by atoms with E-state index in [1.165, 1.54) is 24.3 Å². The highest BCUT2D eigenvalue weighted by Crippen LogP contribution is 2.15. The standard InChI is InChI=1S/C17H23N3O8/c1-10(2)8-19(9-14(21)16(24)25)17(26)18-13(15(22)23)7-11-4-3-5-12(6-11)20(27)28/h3-6,10,13-14,21H,7-9H2,1-2H3,(H,18,26)(H,22,23)(H,24,25)/t13-,14?/m0/s1. The van der Waals surface area contributed by atoms with Gasteiger partial charge in [-0.25, -0.2) is 14.4 Å². The number of carboxylic acid groups (broad SMARTS) is 2. The summed E-state index contributed by atoms with van der Waals surface area (Å²) in [5.74, 6) is -2.93. The zero-order chi connectivity index (χ0) is 21.4. The third-order valence-corrected chi connectivity index (χ3v) is 3.71. The summed E-state index contributed by atoms with van der Waals surface area (Å²) in [5, 5.41) is 40.8. The van der Waals surface area contributed by atoms with Crippen molar-refractivity contribution in [2.45, 2.75) is 32.4 Å². The predicted octanol–water partition coefficient (Wildman–Crippen LogP) is 0.704. The van der Waals surface area contributed by atoms with Crippen molar-refractivity contribution in [1.82, 2.24) is 10.2 Å². The van der Waals surface area contributed by atoms with E-state index in [2.05, 4.69) is 5.32 Å². The third kappa shape index (κ3) is 7.19. The molecule has 11 heteroatoms. The van der Waals surface area contributed by atoms with Gasteiger partial charge in [0.1, 0.15) is 6.04 Å². The number of nitrogens with one attached hydrogen (secondary N) is 1. The second-order valence-corrected chi connectivity index (χ2v) is 6.62. The van der Waals surface area contributed by atoms with Crippen LogP contribution in [0.5, 0.6) is 0 Å². The molecule has 1 aromatic carbocycles. The number of carboxylic acids is 2. The SMILES string of the molecule is CC(C)CN(CC(O)C(=O)O)C(=O)N[C@@H](Cc1cccc([N+](=O)[O-])c1)C(=O)O. The molecule has 0 fully saturated rings. The van der Waals surface area contributed by atoms with Gasteiger partial charge in [0.25, 0.3) is 5.69 Å². The molecule has 0 saturated carbocycles. The van der Waals surface area contributed by atoms with Gasteiger partial charge in [-0.05, 0) is 11.5 Å². The van der Waals surface area contributed by atoms with Crippen molar-refractivity contribution < 1.29 is 34.6 Å². The Morgan fingerprint density at radius 1 is 1.18 bits per heavy atom. The van der Waals surface area contributed by atoms with E-state index in [-0.39, 0.29) is 24.6 Å². The Labute approximate surface area is 160 Å². The minimum Gasteiger partial charge on any atom is -0.480 e. The van der Waals surface area contributed by atoms with Crippen LogP contribution < -0.4 is 5.32 Å². The number of nitro groups is 1. The number of rotatable bonds is 10. The van der Waals surface area contributed by atoms with E-state index in [4.69, 9.17) is 5.11 Å². The Bertz CT molecular complexity index is 737. The smallest absolute Gasteiger partial charge is 0.334 e. The number of urea groups is 1. The first-order valence-electron chi connectivity index (χ1n) is 8.43. The van der Waals surface area contributed by atoms with E-state index in [0.717, 1.165) is 4.90 Å². The lowest BCUT2D eigenvalue weighted by molar-refractivity contribution is -0.384. The first-order chi connectivity index (χ1) is 13.0. The van der Waals surface area contributed by atoms with Crippen molar-refractivity contribution in [3.8, 4) is 0 Å². The van der Waals surface area contributed by atoms with Gasteiger partial charge in [0.05, 0.1) is 11.5 Å². The lowest BCUT2D eigenvalue weighted by Gasteiger charge is -2.27. The van der Waals surface area contributed by atoms with Crippen molar-refractivity contribution in [2.75, 3.05) is 13.1 Å². The van der Waals surface area contributed by atoms with E-state index in [0.29, 0.717) is 5.56 Å². The molecule has 28 heavy (non-hydrogen) atoms. The quantitative estimate of drug-likeness (QED) is 0.330. The number of benzene rings is 1. The van der Waals surface area contributed by atoms with Gasteiger partial charge in [0.15, 0.2) is 6.10 Å². The molecule has 2 atom stereocenters. The molecule has 0 aromatic heterocycles. The minimum absolute atomic E-state index is 0.0632. The number of amides is 2. The molecule has 11 nitrogen and oxygen atoms in total. The maximum absolute atomic E-state index is 12.5. The summed E-state index contributed by atoms with van der Waals surface area (Å²) in [7, 11) is 0. The summed E-state index contributed by atoms with van der Waals surface area (Å²) in [6.07, 6.45) is -2.02. The largest absolute Gasteiger partial charge is 0.480 e. The third-order valence-electron chi connectivity index (χ3n) is 3.71. The van der Waals surface area contributed by atoms with Crippen LogP contribution in [0.15, 0.2) is 24.3 Å². The fourth-order valence-electron chi connectivity index (χ4n) is 2.44. The van der Waals surface area contributed by atoms with Crippen molar-refractivity contribution in [2.24, 2.45) is 5.92 Å². The number of carbonyl (C=O) groups is 3. The number of aliphatic hydroxyl groups excluding tert-OH is 1. The molecule has 0 heterocycles. The number of carbonyl (C=O) groups excluding carboxylic acids is 1. The average molecular weight is 397 g/mol. The van der Waals surface area contributed by atoms with E-state index < -0.39 is 41.6 Å². The minimum atomic E-state index is -1.82. The molecule has 0 spiro atoms. The van der Waals surface area contributed by atoms with Crippen molar-refractivity contribution >= 4 is 23.7 Å². The van der Waals surface area contributed by atoms with E-state index >= 15 is 0 Å². The summed E-state index contributed by atoms with van der Waals surface area (Å²) in [4.78, 5) is 46.1. The highest BCUT2D eigenvalue weighted by molar-refractivity contribution is 5.83. The molecule has 0 aliphatic heterocycles. The van der Waals surface area contributed by atoms with Crippen LogP contribution in [0.2, 0.25) is 0 Å². The summed E-state index contributed by atoms with van der Waals surface area (Å²) in [5.41, 5.74) is 0.127. The fraction of sp³-hybridized carbons (Fsp3) is 0.471. The van der Waals surface area contributed by atoms with Gasteiger partial charge in [-0.15, -0.1) is 0 Å². The second-order valence-electron chi connectivity index (χ2n) is 6.62. The number of hydrogen-bond acceptors (Lipinski definition) is 6. The molecular formula is C17H23N3O8. The van der Waals surface area contributed by atoms with E-state index in [1.54, 1.807) is 13.8 Å². The van der Waals surface area contributed by atoms with Crippen LogP contribution in [0.3, 0.4) is 0 Å². The van der Waals surface area contributed by atoms with Gasteiger partial charge in [-0.1, -0.05) is 26.0 Å². The van der Waals surface area contributed by atoms with Crippen molar-refractivity contribution in [3.05, 3.63) is 39.9 Å².